The molecule has 0 bridgehead atoms. The average molecular weight is 376 g/mol. The van der Waals surface area contributed by atoms with Gasteiger partial charge in [0.1, 0.15) is 11.6 Å². The molecule has 2 aromatic rings. The van der Waals surface area contributed by atoms with Crippen LogP contribution in [0.1, 0.15) is 18.5 Å². The summed E-state index contributed by atoms with van der Waals surface area (Å²) < 4.78 is 54.5. The Hall–Kier alpha value is -1.31. The Bertz CT molecular complexity index is 728. The SMILES string of the molecule is C[C@@H](NS(=O)(=O)c1c(F)cccc1F)c1ccc(Br)cc1. The first-order chi connectivity index (χ1) is 9.81. The first-order valence-electron chi connectivity index (χ1n) is 6.03. The Morgan fingerprint density at radius 3 is 2.10 bits per heavy atom. The minimum atomic E-state index is -4.29. The van der Waals surface area contributed by atoms with E-state index in [0.717, 1.165) is 22.7 Å². The van der Waals surface area contributed by atoms with E-state index in [2.05, 4.69) is 20.7 Å². The van der Waals surface area contributed by atoms with E-state index in [-0.39, 0.29) is 0 Å². The molecule has 1 N–H and O–H groups in total. The summed E-state index contributed by atoms with van der Waals surface area (Å²) in [5.74, 6) is -2.24. The lowest BCUT2D eigenvalue weighted by molar-refractivity contribution is 0.509. The molecule has 0 amide bonds. The van der Waals surface area contributed by atoms with Gasteiger partial charge in [-0.3, -0.25) is 0 Å². The molecular formula is C14H12BrF2NO2S. The monoisotopic (exact) mass is 375 g/mol. The molecule has 0 aliphatic heterocycles. The molecule has 0 radical (unpaired) electrons. The summed E-state index contributed by atoms with van der Waals surface area (Å²) >= 11 is 3.27. The van der Waals surface area contributed by atoms with E-state index in [9.17, 15) is 17.2 Å². The van der Waals surface area contributed by atoms with Crippen LogP contribution in [0, 0.1) is 11.6 Å². The third-order valence-corrected chi connectivity index (χ3v) is 5.01. The van der Waals surface area contributed by atoms with Crippen LogP contribution in [0.2, 0.25) is 0 Å². The Morgan fingerprint density at radius 1 is 1.05 bits per heavy atom. The number of benzene rings is 2. The molecule has 0 saturated carbocycles. The number of hydrogen-bond donors (Lipinski definition) is 1. The van der Waals surface area contributed by atoms with Crippen molar-refractivity contribution in [3.8, 4) is 0 Å². The highest BCUT2D eigenvalue weighted by molar-refractivity contribution is 9.10. The van der Waals surface area contributed by atoms with Gasteiger partial charge in [-0.15, -0.1) is 0 Å². The molecule has 21 heavy (non-hydrogen) atoms. The van der Waals surface area contributed by atoms with E-state index in [4.69, 9.17) is 0 Å². The second-order valence-electron chi connectivity index (χ2n) is 4.45. The van der Waals surface area contributed by atoms with Crippen LogP contribution < -0.4 is 4.72 Å². The number of nitrogens with one attached hydrogen (secondary N) is 1. The molecule has 0 saturated heterocycles. The highest BCUT2D eigenvalue weighted by Gasteiger charge is 2.25. The summed E-state index contributed by atoms with van der Waals surface area (Å²) in [6.45, 7) is 1.60. The predicted molar refractivity (Wildman–Crippen MR) is 79.2 cm³/mol. The second kappa shape index (κ2) is 6.21. The van der Waals surface area contributed by atoms with Gasteiger partial charge in [0.2, 0.25) is 10.0 Å². The number of rotatable bonds is 4. The second-order valence-corrected chi connectivity index (χ2v) is 7.01. The molecule has 0 heterocycles. The lowest BCUT2D eigenvalue weighted by Crippen LogP contribution is -2.28. The lowest BCUT2D eigenvalue weighted by Gasteiger charge is -2.15. The molecule has 0 fully saturated rings. The minimum absolute atomic E-state index is 0.623. The van der Waals surface area contributed by atoms with Crippen molar-refractivity contribution < 1.29 is 17.2 Å². The van der Waals surface area contributed by atoms with Crippen LogP contribution in [0.3, 0.4) is 0 Å². The topological polar surface area (TPSA) is 46.2 Å². The third kappa shape index (κ3) is 3.66. The molecular weight excluding hydrogens is 364 g/mol. The van der Waals surface area contributed by atoms with Gasteiger partial charge in [-0.2, -0.15) is 0 Å². The number of halogens is 3. The molecule has 2 rings (SSSR count). The van der Waals surface area contributed by atoms with Crippen LogP contribution in [0.5, 0.6) is 0 Å². The van der Waals surface area contributed by atoms with Crippen molar-refractivity contribution in [1.82, 2.24) is 4.72 Å². The predicted octanol–water partition coefficient (Wildman–Crippen LogP) is 3.77. The smallest absolute Gasteiger partial charge is 0.207 e. The van der Waals surface area contributed by atoms with E-state index in [1.165, 1.54) is 0 Å². The van der Waals surface area contributed by atoms with Crippen LogP contribution in [0.25, 0.3) is 0 Å². The first kappa shape index (κ1) is 16.1. The lowest BCUT2D eigenvalue weighted by atomic mass is 10.1. The molecule has 0 aromatic heterocycles. The zero-order valence-electron chi connectivity index (χ0n) is 11.0. The van der Waals surface area contributed by atoms with Gasteiger partial charge >= 0.3 is 0 Å². The van der Waals surface area contributed by atoms with Gasteiger partial charge in [0.25, 0.3) is 0 Å². The Balaban J connectivity index is 2.31. The highest BCUT2D eigenvalue weighted by Crippen LogP contribution is 2.22. The molecule has 3 nitrogen and oxygen atoms in total. The van der Waals surface area contributed by atoms with Crippen molar-refractivity contribution in [2.45, 2.75) is 17.9 Å². The van der Waals surface area contributed by atoms with E-state index >= 15 is 0 Å². The van der Waals surface area contributed by atoms with Crippen molar-refractivity contribution in [2.24, 2.45) is 0 Å². The van der Waals surface area contributed by atoms with Crippen LogP contribution in [0.15, 0.2) is 51.8 Å². The fraction of sp³-hybridized carbons (Fsp3) is 0.143. The maximum Gasteiger partial charge on any atom is 0.246 e. The summed E-state index contributed by atoms with van der Waals surface area (Å²) in [6, 6.07) is 9.24. The quantitative estimate of drug-likeness (QED) is 0.883. The van der Waals surface area contributed by atoms with Gasteiger partial charge in [0, 0.05) is 10.5 Å². The first-order valence-corrected chi connectivity index (χ1v) is 8.30. The molecule has 0 aliphatic carbocycles. The van der Waals surface area contributed by atoms with Crippen molar-refractivity contribution in [2.75, 3.05) is 0 Å². The molecule has 1 atom stereocenters. The largest absolute Gasteiger partial charge is 0.246 e. The minimum Gasteiger partial charge on any atom is -0.207 e. The van der Waals surface area contributed by atoms with Gasteiger partial charge in [-0.05, 0) is 36.8 Å². The van der Waals surface area contributed by atoms with E-state index < -0.39 is 32.6 Å². The van der Waals surface area contributed by atoms with Gasteiger partial charge in [-0.1, -0.05) is 34.1 Å². The van der Waals surface area contributed by atoms with Gasteiger partial charge in [0.05, 0.1) is 0 Å². The zero-order chi connectivity index (χ0) is 15.6. The number of hydrogen-bond acceptors (Lipinski definition) is 2. The van der Waals surface area contributed by atoms with Crippen molar-refractivity contribution >= 4 is 26.0 Å². The molecule has 0 spiro atoms. The summed E-state index contributed by atoms with van der Waals surface area (Å²) in [5, 5.41) is 0. The highest BCUT2D eigenvalue weighted by atomic mass is 79.9. The summed E-state index contributed by atoms with van der Waals surface area (Å²) in [5.41, 5.74) is 0.679. The van der Waals surface area contributed by atoms with Crippen LogP contribution in [0.4, 0.5) is 8.78 Å². The summed E-state index contributed by atoms with van der Waals surface area (Å²) in [7, 11) is -4.29. The van der Waals surface area contributed by atoms with Gasteiger partial charge in [-0.25, -0.2) is 21.9 Å². The Labute approximate surface area is 130 Å². The molecule has 112 valence electrons. The fourth-order valence-corrected chi connectivity index (χ4v) is 3.48. The van der Waals surface area contributed by atoms with Gasteiger partial charge < -0.3 is 0 Å². The molecule has 7 heteroatoms. The third-order valence-electron chi connectivity index (χ3n) is 2.89. The van der Waals surface area contributed by atoms with Crippen molar-refractivity contribution in [3.63, 3.8) is 0 Å². The summed E-state index contributed by atoms with van der Waals surface area (Å²) in [4.78, 5) is -0.964. The van der Waals surface area contributed by atoms with Gasteiger partial charge in [0.15, 0.2) is 4.90 Å². The van der Waals surface area contributed by atoms with Crippen LogP contribution in [-0.2, 0) is 10.0 Å². The Kier molecular flexibility index (Phi) is 4.75. The van der Waals surface area contributed by atoms with Crippen molar-refractivity contribution in [3.05, 3.63) is 64.1 Å². The maximum absolute atomic E-state index is 13.6. The normalized spacial score (nSPS) is 13.1. The standard InChI is InChI=1S/C14H12BrF2NO2S/c1-9(10-5-7-11(15)8-6-10)18-21(19,20)14-12(16)3-2-4-13(14)17/h2-9,18H,1H3/t9-/m1/s1. The van der Waals surface area contributed by atoms with Crippen LogP contribution >= 0.6 is 15.9 Å². The van der Waals surface area contributed by atoms with Crippen molar-refractivity contribution in [1.29, 1.82) is 0 Å². The maximum atomic E-state index is 13.6. The molecule has 2 aromatic carbocycles. The van der Waals surface area contributed by atoms with E-state index in [0.29, 0.717) is 5.56 Å². The van der Waals surface area contributed by atoms with Crippen LogP contribution in [-0.4, -0.2) is 8.42 Å². The Morgan fingerprint density at radius 2 is 1.57 bits per heavy atom. The van der Waals surface area contributed by atoms with E-state index in [1.54, 1.807) is 31.2 Å². The molecule has 0 aliphatic rings. The number of sulfonamides is 1. The average Bonchev–Trinajstić information content (AvgIpc) is 2.38. The molecule has 0 unspecified atom stereocenters. The fourth-order valence-electron chi connectivity index (χ4n) is 1.85. The van der Waals surface area contributed by atoms with E-state index in [1.807, 2.05) is 0 Å². The zero-order valence-corrected chi connectivity index (χ0v) is 13.4. The summed E-state index contributed by atoms with van der Waals surface area (Å²) in [6.07, 6.45) is 0.